The molecule has 2 aromatic heterocycles. The number of carbonyl (C=O) groups is 1. The van der Waals surface area contributed by atoms with Crippen LogP contribution >= 0.6 is 0 Å². The summed E-state index contributed by atoms with van der Waals surface area (Å²) in [5.41, 5.74) is 2.30. The number of rotatable bonds is 4. The van der Waals surface area contributed by atoms with Gasteiger partial charge in [-0.2, -0.15) is 0 Å². The van der Waals surface area contributed by atoms with Crippen LogP contribution < -0.4 is 5.32 Å². The molecule has 0 radical (unpaired) electrons. The zero-order valence-corrected chi connectivity index (χ0v) is 11.3. The molecule has 1 N–H and O–H groups in total. The van der Waals surface area contributed by atoms with Crippen LogP contribution in [0.25, 0.3) is 0 Å². The van der Waals surface area contributed by atoms with Gasteiger partial charge in [0.15, 0.2) is 0 Å². The summed E-state index contributed by atoms with van der Waals surface area (Å²) in [6.07, 6.45) is 9.80. The van der Waals surface area contributed by atoms with Crippen LogP contribution in [0.4, 0.5) is 0 Å². The molecule has 0 saturated carbocycles. The van der Waals surface area contributed by atoms with Crippen LogP contribution in [-0.4, -0.2) is 27.0 Å². The third-order valence-corrected chi connectivity index (χ3v) is 3.78. The van der Waals surface area contributed by atoms with E-state index in [-0.39, 0.29) is 11.8 Å². The Hall–Kier alpha value is -2.17. The summed E-state index contributed by atoms with van der Waals surface area (Å²) >= 11 is 0. The van der Waals surface area contributed by atoms with Crippen molar-refractivity contribution in [1.29, 1.82) is 0 Å². The van der Waals surface area contributed by atoms with E-state index < -0.39 is 0 Å². The number of carbonyl (C=O) groups excluding carboxylic acids is 1. The lowest BCUT2D eigenvalue weighted by Gasteiger charge is -2.22. The Labute approximate surface area is 118 Å². The van der Waals surface area contributed by atoms with E-state index in [0.717, 1.165) is 37.1 Å². The number of aryl methyl sites for hydroxylation is 1. The normalized spacial score (nSPS) is 17.5. The maximum absolute atomic E-state index is 12.2. The second-order valence-electron chi connectivity index (χ2n) is 5.17. The van der Waals surface area contributed by atoms with Crippen molar-refractivity contribution in [1.82, 2.24) is 19.9 Å². The van der Waals surface area contributed by atoms with Gasteiger partial charge in [0.2, 0.25) is 5.91 Å². The lowest BCUT2D eigenvalue weighted by molar-refractivity contribution is -0.125. The number of imidazole rings is 1. The number of aromatic nitrogens is 3. The van der Waals surface area contributed by atoms with E-state index in [1.807, 2.05) is 30.9 Å². The lowest BCUT2D eigenvalue weighted by atomic mass is 9.95. The number of nitrogens with zero attached hydrogens (tertiary/aromatic N) is 3. The van der Waals surface area contributed by atoms with Crippen LogP contribution in [-0.2, 0) is 24.2 Å². The Morgan fingerprint density at radius 2 is 2.35 bits per heavy atom. The van der Waals surface area contributed by atoms with E-state index in [2.05, 4.69) is 19.9 Å². The highest BCUT2D eigenvalue weighted by Gasteiger charge is 2.24. The molecule has 1 atom stereocenters. The first-order valence-electron chi connectivity index (χ1n) is 6.98. The van der Waals surface area contributed by atoms with Gasteiger partial charge in [-0.25, -0.2) is 4.98 Å². The molecule has 0 bridgehead atoms. The number of nitrogens with one attached hydrogen (secondary N) is 1. The van der Waals surface area contributed by atoms with Gasteiger partial charge < -0.3 is 9.88 Å². The van der Waals surface area contributed by atoms with Crippen molar-refractivity contribution >= 4 is 5.91 Å². The molecule has 0 aliphatic carbocycles. The molecule has 0 fully saturated rings. The summed E-state index contributed by atoms with van der Waals surface area (Å²) in [4.78, 5) is 20.4. The standard InChI is InChI=1S/C15H18N4O/c20-15(18-6-3-12-2-1-5-16-9-12)13-4-7-19-11-17-10-14(19)8-13/h1-2,5,9-11,13H,3-4,6-8H2,(H,18,20). The zero-order valence-electron chi connectivity index (χ0n) is 11.3. The van der Waals surface area contributed by atoms with Gasteiger partial charge in [0.05, 0.1) is 6.33 Å². The second kappa shape index (κ2) is 5.86. The Morgan fingerprint density at radius 1 is 1.40 bits per heavy atom. The highest BCUT2D eigenvalue weighted by Crippen LogP contribution is 2.19. The van der Waals surface area contributed by atoms with Crippen molar-refractivity contribution in [2.75, 3.05) is 6.54 Å². The molecule has 0 spiro atoms. The quantitative estimate of drug-likeness (QED) is 0.908. The smallest absolute Gasteiger partial charge is 0.223 e. The monoisotopic (exact) mass is 270 g/mol. The minimum absolute atomic E-state index is 0.0769. The first kappa shape index (κ1) is 12.8. The van der Waals surface area contributed by atoms with E-state index in [1.54, 1.807) is 6.20 Å². The van der Waals surface area contributed by atoms with Gasteiger partial charge >= 0.3 is 0 Å². The fourth-order valence-electron chi connectivity index (χ4n) is 2.61. The molecule has 1 unspecified atom stereocenters. The molecule has 5 heteroatoms. The van der Waals surface area contributed by atoms with E-state index >= 15 is 0 Å². The van der Waals surface area contributed by atoms with Gasteiger partial charge in [-0.05, 0) is 24.5 Å². The van der Waals surface area contributed by atoms with E-state index in [1.165, 1.54) is 0 Å². The molecular formula is C15H18N4O. The first-order chi connectivity index (χ1) is 9.83. The summed E-state index contributed by atoms with van der Waals surface area (Å²) in [5, 5.41) is 3.03. The van der Waals surface area contributed by atoms with Crippen molar-refractivity contribution in [2.24, 2.45) is 5.92 Å². The highest BCUT2D eigenvalue weighted by atomic mass is 16.1. The zero-order chi connectivity index (χ0) is 13.8. The van der Waals surface area contributed by atoms with Gasteiger partial charge in [0.25, 0.3) is 0 Å². The van der Waals surface area contributed by atoms with Gasteiger partial charge in [-0.15, -0.1) is 0 Å². The summed E-state index contributed by atoms with van der Waals surface area (Å²) in [7, 11) is 0. The minimum Gasteiger partial charge on any atom is -0.356 e. The Kier molecular flexibility index (Phi) is 3.76. The molecule has 0 aromatic carbocycles. The molecule has 20 heavy (non-hydrogen) atoms. The van der Waals surface area contributed by atoms with Crippen molar-refractivity contribution in [2.45, 2.75) is 25.8 Å². The Balaban J connectivity index is 1.48. The van der Waals surface area contributed by atoms with E-state index in [9.17, 15) is 4.79 Å². The molecule has 3 heterocycles. The predicted molar refractivity (Wildman–Crippen MR) is 75.0 cm³/mol. The number of hydrogen-bond donors (Lipinski definition) is 1. The molecule has 1 aliphatic rings. The number of hydrogen-bond acceptors (Lipinski definition) is 3. The molecular weight excluding hydrogens is 252 g/mol. The lowest BCUT2D eigenvalue weighted by Crippen LogP contribution is -2.36. The van der Waals surface area contributed by atoms with Crippen LogP contribution in [0.2, 0.25) is 0 Å². The third kappa shape index (κ3) is 2.87. The van der Waals surface area contributed by atoms with Gasteiger partial charge in [-0.3, -0.25) is 9.78 Å². The average molecular weight is 270 g/mol. The van der Waals surface area contributed by atoms with E-state index in [4.69, 9.17) is 0 Å². The number of pyridine rings is 1. The molecule has 1 aliphatic heterocycles. The molecule has 0 saturated heterocycles. The number of amides is 1. The van der Waals surface area contributed by atoms with Crippen molar-refractivity contribution < 1.29 is 4.79 Å². The topological polar surface area (TPSA) is 59.8 Å². The van der Waals surface area contributed by atoms with Crippen LogP contribution in [0.15, 0.2) is 37.1 Å². The summed E-state index contributed by atoms with van der Waals surface area (Å²) in [5.74, 6) is 0.231. The van der Waals surface area contributed by atoms with Crippen LogP contribution in [0.5, 0.6) is 0 Å². The summed E-state index contributed by atoms with van der Waals surface area (Å²) < 4.78 is 2.12. The van der Waals surface area contributed by atoms with Gasteiger partial charge in [0, 0.05) is 49.7 Å². The highest BCUT2D eigenvalue weighted by molar-refractivity contribution is 5.79. The fraction of sp³-hybridized carbons (Fsp3) is 0.400. The van der Waals surface area contributed by atoms with Gasteiger partial charge in [0.1, 0.15) is 0 Å². The SMILES string of the molecule is O=C(NCCc1cccnc1)C1CCn2cncc2C1. The van der Waals surface area contributed by atoms with Crippen LogP contribution in [0, 0.1) is 5.92 Å². The van der Waals surface area contributed by atoms with Crippen LogP contribution in [0.3, 0.4) is 0 Å². The van der Waals surface area contributed by atoms with Crippen LogP contribution in [0.1, 0.15) is 17.7 Å². The van der Waals surface area contributed by atoms with Crippen molar-refractivity contribution in [3.05, 3.63) is 48.3 Å². The molecule has 104 valence electrons. The summed E-state index contributed by atoms with van der Waals surface area (Å²) in [6, 6.07) is 3.94. The first-order valence-corrected chi connectivity index (χ1v) is 6.98. The summed E-state index contributed by atoms with van der Waals surface area (Å²) in [6.45, 7) is 1.55. The maximum Gasteiger partial charge on any atom is 0.223 e. The number of fused-ring (bicyclic) bond motifs is 1. The predicted octanol–water partition coefficient (Wildman–Crippen LogP) is 1.20. The molecule has 1 amide bonds. The maximum atomic E-state index is 12.2. The third-order valence-electron chi connectivity index (χ3n) is 3.78. The Morgan fingerprint density at radius 3 is 3.20 bits per heavy atom. The average Bonchev–Trinajstić information content (AvgIpc) is 2.95. The van der Waals surface area contributed by atoms with Crippen molar-refractivity contribution in [3.8, 4) is 0 Å². The fourth-order valence-corrected chi connectivity index (χ4v) is 2.61. The molecule has 2 aromatic rings. The van der Waals surface area contributed by atoms with Gasteiger partial charge in [-0.1, -0.05) is 6.07 Å². The molecule has 3 rings (SSSR count). The minimum atomic E-state index is 0.0769. The largest absolute Gasteiger partial charge is 0.356 e. The van der Waals surface area contributed by atoms with E-state index in [0.29, 0.717) is 6.54 Å². The Bertz CT molecular complexity index is 579. The molecule has 5 nitrogen and oxygen atoms in total. The van der Waals surface area contributed by atoms with Crippen molar-refractivity contribution in [3.63, 3.8) is 0 Å². The second-order valence-corrected chi connectivity index (χ2v) is 5.17.